The fourth-order valence-corrected chi connectivity index (χ4v) is 5.91. The average Bonchev–Trinajstić information content (AvgIpc) is 3.22. The summed E-state index contributed by atoms with van der Waals surface area (Å²) >= 11 is 0. The van der Waals surface area contributed by atoms with Crippen LogP contribution in [-0.4, -0.2) is 37.0 Å². The molecule has 0 aromatic carbocycles. The molecule has 4 nitrogen and oxygen atoms in total. The normalized spacial score (nSPS) is 13.5. The zero-order chi connectivity index (χ0) is 41.2. The van der Waals surface area contributed by atoms with Crippen LogP contribution in [0.25, 0.3) is 0 Å². The van der Waals surface area contributed by atoms with Gasteiger partial charge in [-0.3, -0.25) is 4.79 Å². The molecule has 0 saturated heterocycles. The topological polar surface area (TPSA) is 55.8 Å². The van der Waals surface area contributed by atoms with E-state index in [1.54, 1.807) is 0 Å². The summed E-state index contributed by atoms with van der Waals surface area (Å²) in [5.74, 6) is -0.232. The van der Waals surface area contributed by atoms with Gasteiger partial charge >= 0.3 is 5.97 Å². The quantitative estimate of drug-likeness (QED) is 0.0381. The van der Waals surface area contributed by atoms with Crippen LogP contribution in [0.3, 0.4) is 0 Å². The summed E-state index contributed by atoms with van der Waals surface area (Å²) in [6.45, 7) is 5.06. The van der Waals surface area contributed by atoms with E-state index in [0.29, 0.717) is 13.0 Å². The number of aliphatic hydroxyl groups is 1. The lowest BCUT2D eigenvalue weighted by Crippen LogP contribution is -2.27. The van der Waals surface area contributed by atoms with E-state index in [0.717, 1.165) is 109 Å². The highest BCUT2D eigenvalue weighted by atomic mass is 16.6. The Morgan fingerprint density at radius 3 is 1.11 bits per heavy atom. The first-order valence-corrected chi connectivity index (χ1v) is 23.1. The predicted molar refractivity (Wildman–Crippen MR) is 251 cm³/mol. The van der Waals surface area contributed by atoms with Gasteiger partial charge in [0.25, 0.3) is 0 Å². The van der Waals surface area contributed by atoms with Crippen molar-refractivity contribution in [1.82, 2.24) is 0 Å². The summed E-state index contributed by atoms with van der Waals surface area (Å²) in [5.41, 5.74) is 0. The number of allylic oxidation sites excluding steroid dienone is 20. The average molecular weight is 787 g/mol. The summed E-state index contributed by atoms with van der Waals surface area (Å²) in [4.78, 5) is 12.2. The Hall–Kier alpha value is -3.21. The van der Waals surface area contributed by atoms with Crippen LogP contribution in [0.2, 0.25) is 0 Å². The van der Waals surface area contributed by atoms with Gasteiger partial charge in [-0.05, 0) is 103 Å². The molecule has 0 rings (SSSR count). The van der Waals surface area contributed by atoms with E-state index in [2.05, 4.69) is 135 Å². The molecular weight excluding hydrogens is 701 g/mol. The van der Waals surface area contributed by atoms with Crippen LogP contribution in [0.15, 0.2) is 122 Å². The van der Waals surface area contributed by atoms with Crippen molar-refractivity contribution in [3.8, 4) is 0 Å². The van der Waals surface area contributed by atoms with Crippen LogP contribution in [-0.2, 0) is 14.3 Å². The third kappa shape index (κ3) is 47.1. The third-order valence-corrected chi connectivity index (χ3v) is 9.28. The number of rotatable bonds is 41. The fraction of sp³-hybridized carbons (Fsp3) is 0.604. The van der Waals surface area contributed by atoms with E-state index >= 15 is 0 Å². The molecule has 0 fully saturated rings. The Morgan fingerprint density at radius 1 is 0.421 bits per heavy atom. The van der Waals surface area contributed by atoms with Crippen molar-refractivity contribution in [2.45, 2.75) is 187 Å². The minimum atomic E-state index is -0.562. The van der Waals surface area contributed by atoms with Gasteiger partial charge in [-0.15, -0.1) is 0 Å². The Kier molecular flexibility index (Phi) is 46.2. The van der Waals surface area contributed by atoms with Crippen molar-refractivity contribution in [2.24, 2.45) is 0 Å². The molecule has 0 spiro atoms. The molecule has 1 unspecified atom stereocenters. The number of esters is 1. The monoisotopic (exact) mass is 787 g/mol. The first-order valence-electron chi connectivity index (χ1n) is 23.1. The van der Waals surface area contributed by atoms with E-state index in [1.165, 1.54) is 51.4 Å². The van der Waals surface area contributed by atoms with Crippen molar-refractivity contribution >= 4 is 5.97 Å². The number of carbonyl (C=O) groups is 1. The molecule has 0 aliphatic rings. The Balaban J connectivity index is 3.56. The Morgan fingerprint density at radius 2 is 0.737 bits per heavy atom. The lowest BCUT2D eigenvalue weighted by Gasteiger charge is -2.15. The third-order valence-electron chi connectivity index (χ3n) is 9.28. The highest BCUT2D eigenvalue weighted by Crippen LogP contribution is 2.12. The number of aliphatic hydroxyl groups excluding tert-OH is 1. The molecule has 0 heterocycles. The van der Waals surface area contributed by atoms with E-state index in [-0.39, 0.29) is 19.2 Å². The van der Waals surface area contributed by atoms with Crippen LogP contribution in [0.4, 0.5) is 0 Å². The van der Waals surface area contributed by atoms with Gasteiger partial charge in [0.2, 0.25) is 0 Å². The maximum atomic E-state index is 12.2. The summed E-state index contributed by atoms with van der Waals surface area (Å²) in [6.07, 6.45) is 72.6. The van der Waals surface area contributed by atoms with Crippen LogP contribution in [0, 0.1) is 0 Å². The molecule has 0 aliphatic carbocycles. The molecule has 1 atom stereocenters. The van der Waals surface area contributed by atoms with Gasteiger partial charge < -0.3 is 14.6 Å². The Labute approximate surface area is 352 Å². The van der Waals surface area contributed by atoms with Gasteiger partial charge in [0.15, 0.2) is 0 Å². The second kappa shape index (κ2) is 48.9. The summed E-state index contributed by atoms with van der Waals surface area (Å²) in [7, 11) is 0. The lowest BCUT2D eigenvalue weighted by atomic mass is 10.1. The molecule has 0 amide bonds. The maximum Gasteiger partial charge on any atom is 0.306 e. The van der Waals surface area contributed by atoms with Crippen molar-refractivity contribution in [1.29, 1.82) is 0 Å². The summed E-state index contributed by atoms with van der Waals surface area (Å²) in [6, 6.07) is 0. The smallest absolute Gasteiger partial charge is 0.306 e. The first-order chi connectivity index (χ1) is 28.2. The number of ether oxygens (including phenoxy) is 2. The maximum absolute atomic E-state index is 12.2. The van der Waals surface area contributed by atoms with E-state index in [9.17, 15) is 9.90 Å². The van der Waals surface area contributed by atoms with Gasteiger partial charge in [0.05, 0.1) is 13.2 Å². The standard InChI is InChI=1S/C53H86O4/c1-3-5-7-9-11-13-15-17-19-21-23-25-27-28-30-32-34-36-38-40-42-44-46-48-53(55)57-52(50-54)51-56-49-47-45-43-41-39-37-35-33-31-29-26-24-22-20-18-16-14-12-10-8-6-4-2/h5-8,11-14,17-20,23-26,28,30,34,36,52,54H,3-4,9-10,15-16,21-22,27,29,31-33,35,37-51H2,1-2H3/b7-5-,8-6-,13-11-,14-12-,19-17-,20-18-,25-23-,26-24-,30-28-,36-34-. The molecule has 322 valence electrons. The summed E-state index contributed by atoms with van der Waals surface area (Å²) in [5, 5.41) is 9.63. The van der Waals surface area contributed by atoms with E-state index in [1.807, 2.05) is 0 Å². The zero-order valence-electron chi connectivity index (χ0n) is 36.8. The molecule has 0 aliphatic heterocycles. The van der Waals surface area contributed by atoms with Crippen LogP contribution in [0.1, 0.15) is 181 Å². The molecule has 0 aromatic heterocycles. The van der Waals surface area contributed by atoms with Crippen LogP contribution < -0.4 is 0 Å². The number of unbranched alkanes of at least 4 members (excludes halogenated alkanes) is 13. The molecule has 0 bridgehead atoms. The second-order valence-corrected chi connectivity index (χ2v) is 14.7. The first kappa shape index (κ1) is 53.8. The van der Waals surface area contributed by atoms with Crippen molar-refractivity contribution in [3.63, 3.8) is 0 Å². The van der Waals surface area contributed by atoms with E-state index in [4.69, 9.17) is 9.47 Å². The van der Waals surface area contributed by atoms with Crippen molar-refractivity contribution < 1.29 is 19.4 Å². The van der Waals surface area contributed by atoms with Crippen molar-refractivity contribution in [3.05, 3.63) is 122 Å². The summed E-state index contributed by atoms with van der Waals surface area (Å²) < 4.78 is 11.2. The number of hydrogen-bond acceptors (Lipinski definition) is 4. The van der Waals surface area contributed by atoms with Crippen molar-refractivity contribution in [2.75, 3.05) is 19.8 Å². The number of hydrogen-bond donors (Lipinski definition) is 1. The van der Waals surface area contributed by atoms with Crippen LogP contribution >= 0.6 is 0 Å². The molecule has 0 saturated carbocycles. The predicted octanol–water partition coefficient (Wildman–Crippen LogP) is 15.7. The molecule has 1 N–H and O–H groups in total. The lowest BCUT2D eigenvalue weighted by molar-refractivity contribution is -0.154. The van der Waals surface area contributed by atoms with Gasteiger partial charge in [-0.1, -0.05) is 193 Å². The molecule has 57 heavy (non-hydrogen) atoms. The highest BCUT2D eigenvalue weighted by molar-refractivity contribution is 5.69. The minimum Gasteiger partial charge on any atom is -0.457 e. The zero-order valence-corrected chi connectivity index (χ0v) is 36.8. The van der Waals surface area contributed by atoms with Gasteiger partial charge in [-0.25, -0.2) is 0 Å². The Bertz CT molecular complexity index is 1150. The molecular formula is C53H86O4. The SMILES string of the molecule is CC/C=C\C/C=C\C/C=C\C/C=C\C/C=C\C/C=C\CCCCCCC(=O)OC(CO)COCCCCCCCCCCC/C=C\C/C=C\C/C=C\C/C=C\CC. The fourth-order valence-electron chi connectivity index (χ4n) is 5.91. The largest absolute Gasteiger partial charge is 0.457 e. The van der Waals surface area contributed by atoms with Gasteiger partial charge in [-0.2, -0.15) is 0 Å². The molecule has 0 aromatic rings. The minimum absolute atomic E-state index is 0.193. The molecule has 4 heteroatoms. The van der Waals surface area contributed by atoms with Gasteiger partial charge in [0.1, 0.15) is 6.10 Å². The van der Waals surface area contributed by atoms with Gasteiger partial charge in [0, 0.05) is 13.0 Å². The van der Waals surface area contributed by atoms with Crippen LogP contribution in [0.5, 0.6) is 0 Å². The molecule has 0 radical (unpaired) electrons. The highest BCUT2D eigenvalue weighted by Gasteiger charge is 2.13. The number of carbonyl (C=O) groups excluding carboxylic acids is 1. The second-order valence-electron chi connectivity index (χ2n) is 14.7. The van der Waals surface area contributed by atoms with E-state index < -0.39 is 6.10 Å².